The Balaban J connectivity index is 1.73. The van der Waals surface area contributed by atoms with Crippen molar-refractivity contribution < 1.29 is 4.74 Å². The number of aromatic nitrogens is 3. The molecule has 0 fully saturated rings. The van der Waals surface area contributed by atoms with E-state index in [2.05, 4.69) is 21.2 Å². The highest BCUT2D eigenvalue weighted by Gasteiger charge is 2.15. The van der Waals surface area contributed by atoms with Crippen LogP contribution >= 0.6 is 11.3 Å². The Labute approximate surface area is 114 Å². The van der Waals surface area contributed by atoms with Gasteiger partial charge in [0.05, 0.1) is 11.5 Å². The lowest BCUT2D eigenvalue weighted by Gasteiger charge is -2.00. The predicted molar refractivity (Wildman–Crippen MR) is 74.3 cm³/mol. The van der Waals surface area contributed by atoms with E-state index in [9.17, 15) is 0 Å². The highest BCUT2D eigenvalue weighted by atomic mass is 32.1. The lowest BCUT2D eigenvalue weighted by atomic mass is 10.1. The summed E-state index contributed by atoms with van der Waals surface area (Å²) in [6.07, 6.45) is 0.964. The third kappa shape index (κ3) is 1.82. The molecule has 1 aliphatic rings. The van der Waals surface area contributed by atoms with E-state index in [1.54, 1.807) is 11.3 Å². The van der Waals surface area contributed by atoms with Crippen molar-refractivity contribution in [1.82, 2.24) is 15.2 Å². The minimum Gasteiger partial charge on any atom is -0.493 e. The summed E-state index contributed by atoms with van der Waals surface area (Å²) in [5, 5.41) is 9.32. The third-order valence-electron chi connectivity index (χ3n) is 3.19. The molecule has 0 bridgehead atoms. The van der Waals surface area contributed by atoms with E-state index in [-0.39, 0.29) is 0 Å². The highest BCUT2D eigenvalue weighted by molar-refractivity contribution is 7.13. The van der Waals surface area contributed by atoms with Crippen LogP contribution in [0.2, 0.25) is 0 Å². The molecule has 2 aromatic heterocycles. The van der Waals surface area contributed by atoms with Gasteiger partial charge in [0.15, 0.2) is 11.6 Å². The van der Waals surface area contributed by atoms with Gasteiger partial charge >= 0.3 is 0 Å². The Bertz CT molecular complexity index is 718. The van der Waals surface area contributed by atoms with Gasteiger partial charge in [-0.25, -0.2) is 4.98 Å². The first kappa shape index (κ1) is 10.8. The van der Waals surface area contributed by atoms with Gasteiger partial charge in [-0.1, -0.05) is 6.07 Å². The fraction of sp³-hybridized carbons (Fsp3) is 0.143. The molecule has 4 nitrogen and oxygen atoms in total. The number of nitrogens with zero attached hydrogens (tertiary/aromatic N) is 2. The Morgan fingerprint density at radius 2 is 2.26 bits per heavy atom. The second-order valence-corrected chi connectivity index (χ2v) is 5.35. The summed E-state index contributed by atoms with van der Waals surface area (Å²) in [6.45, 7) is 0.771. The van der Waals surface area contributed by atoms with Crippen LogP contribution in [0.4, 0.5) is 0 Å². The van der Waals surface area contributed by atoms with Gasteiger partial charge in [-0.2, -0.15) is 5.10 Å². The van der Waals surface area contributed by atoms with Crippen molar-refractivity contribution in [2.24, 2.45) is 0 Å². The molecule has 4 rings (SSSR count). The largest absolute Gasteiger partial charge is 0.493 e. The zero-order valence-corrected chi connectivity index (χ0v) is 10.9. The molecule has 1 aliphatic heterocycles. The summed E-state index contributed by atoms with van der Waals surface area (Å²) in [5.74, 6) is 2.54. The Kier molecular flexibility index (Phi) is 2.38. The normalized spacial score (nSPS) is 13.3. The van der Waals surface area contributed by atoms with E-state index in [1.807, 2.05) is 29.6 Å². The molecule has 1 N–H and O–H groups in total. The van der Waals surface area contributed by atoms with Crippen LogP contribution in [-0.2, 0) is 6.42 Å². The summed E-state index contributed by atoms with van der Waals surface area (Å²) in [7, 11) is 0. The van der Waals surface area contributed by atoms with E-state index in [1.165, 1.54) is 5.56 Å². The predicted octanol–water partition coefficient (Wildman–Crippen LogP) is 3.14. The summed E-state index contributed by atoms with van der Waals surface area (Å²) in [6, 6.07) is 10.2. The minimum atomic E-state index is 0.734. The summed E-state index contributed by atoms with van der Waals surface area (Å²) in [4.78, 5) is 5.65. The Morgan fingerprint density at radius 1 is 1.26 bits per heavy atom. The maximum absolute atomic E-state index is 5.51. The van der Waals surface area contributed by atoms with Crippen LogP contribution in [0.3, 0.4) is 0 Å². The zero-order valence-electron chi connectivity index (χ0n) is 10.1. The van der Waals surface area contributed by atoms with Crippen LogP contribution < -0.4 is 4.74 Å². The number of ether oxygens (including phenoxy) is 1. The van der Waals surface area contributed by atoms with Crippen molar-refractivity contribution in [3.63, 3.8) is 0 Å². The van der Waals surface area contributed by atoms with Crippen LogP contribution in [-0.4, -0.2) is 21.8 Å². The number of benzene rings is 1. The van der Waals surface area contributed by atoms with Gasteiger partial charge in [-0.05, 0) is 35.2 Å². The monoisotopic (exact) mass is 269 g/mol. The first-order chi connectivity index (χ1) is 9.40. The van der Waals surface area contributed by atoms with E-state index >= 15 is 0 Å². The fourth-order valence-electron chi connectivity index (χ4n) is 2.24. The van der Waals surface area contributed by atoms with Crippen LogP contribution in [0.25, 0.3) is 22.1 Å². The zero-order chi connectivity index (χ0) is 12.7. The molecule has 94 valence electrons. The van der Waals surface area contributed by atoms with Crippen LogP contribution in [0, 0.1) is 0 Å². The van der Waals surface area contributed by atoms with Gasteiger partial charge in [0, 0.05) is 12.0 Å². The van der Waals surface area contributed by atoms with E-state index in [0.717, 1.165) is 40.9 Å². The molecule has 0 amide bonds. The molecule has 0 saturated carbocycles. The van der Waals surface area contributed by atoms with Gasteiger partial charge in [0.25, 0.3) is 0 Å². The third-order valence-corrected chi connectivity index (χ3v) is 4.06. The molecular weight excluding hydrogens is 258 g/mol. The minimum absolute atomic E-state index is 0.734. The molecule has 0 saturated heterocycles. The van der Waals surface area contributed by atoms with Crippen molar-refractivity contribution in [2.45, 2.75) is 6.42 Å². The molecule has 19 heavy (non-hydrogen) atoms. The van der Waals surface area contributed by atoms with Gasteiger partial charge in [-0.3, -0.25) is 5.10 Å². The number of aromatic amines is 1. The molecule has 0 spiro atoms. The SMILES string of the molecule is c1csc(-c2nc(-c3ccc4c(c3)CCO4)n[nH]2)c1. The Morgan fingerprint density at radius 3 is 3.16 bits per heavy atom. The van der Waals surface area contributed by atoms with Gasteiger partial charge < -0.3 is 4.74 Å². The first-order valence-electron chi connectivity index (χ1n) is 6.12. The van der Waals surface area contributed by atoms with Crippen molar-refractivity contribution >= 4 is 11.3 Å². The lowest BCUT2D eigenvalue weighted by Crippen LogP contribution is -1.85. The number of thiophene rings is 1. The second-order valence-electron chi connectivity index (χ2n) is 4.41. The molecule has 1 aromatic carbocycles. The quantitative estimate of drug-likeness (QED) is 0.777. The summed E-state index contributed by atoms with van der Waals surface area (Å²) >= 11 is 1.65. The van der Waals surface area contributed by atoms with E-state index in [0.29, 0.717) is 0 Å². The number of H-pyrrole nitrogens is 1. The summed E-state index contributed by atoms with van der Waals surface area (Å²) in [5.41, 5.74) is 2.27. The maximum atomic E-state index is 5.51. The van der Waals surface area contributed by atoms with Gasteiger partial charge in [0.1, 0.15) is 5.75 Å². The smallest absolute Gasteiger partial charge is 0.181 e. The van der Waals surface area contributed by atoms with Gasteiger partial charge in [-0.15, -0.1) is 11.3 Å². The van der Waals surface area contributed by atoms with Crippen molar-refractivity contribution in [3.8, 4) is 27.8 Å². The Hall–Kier alpha value is -2.14. The molecule has 0 aliphatic carbocycles. The summed E-state index contributed by atoms with van der Waals surface area (Å²) < 4.78 is 5.51. The van der Waals surface area contributed by atoms with E-state index in [4.69, 9.17) is 4.74 Å². The maximum Gasteiger partial charge on any atom is 0.181 e. The molecule has 5 heteroatoms. The fourth-order valence-corrected chi connectivity index (χ4v) is 2.90. The van der Waals surface area contributed by atoms with E-state index < -0.39 is 0 Å². The standard InChI is InChI=1S/C14H11N3OS/c1-2-12(19-7-1)14-15-13(16-17-14)10-3-4-11-9(8-10)5-6-18-11/h1-4,7-8H,5-6H2,(H,15,16,17). The topological polar surface area (TPSA) is 50.8 Å². The number of hydrogen-bond acceptors (Lipinski definition) is 4. The number of rotatable bonds is 2. The number of hydrogen-bond donors (Lipinski definition) is 1. The van der Waals surface area contributed by atoms with Crippen molar-refractivity contribution in [1.29, 1.82) is 0 Å². The first-order valence-corrected chi connectivity index (χ1v) is 7.00. The van der Waals surface area contributed by atoms with Crippen molar-refractivity contribution in [2.75, 3.05) is 6.61 Å². The van der Waals surface area contributed by atoms with Gasteiger partial charge in [0.2, 0.25) is 0 Å². The second kappa shape index (κ2) is 4.20. The average molecular weight is 269 g/mol. The molecule has 3 aromatic rings. The van der Waals surface area contributed by atoms with Crippen LogP contribution in [0.15, 0.2) is 35.7 Å². The number of fused-ring (bicyclic) bond motifs is 1. The molecule has 0 atom stereocenters. The molecular formula is C14H11N3OS. The average Bonchev–Trinajstić information content (AvgIpc) is 3.18. The van der Waals surface area contributed by atoms with Crippen LogP contribution in [0.5, 0.6) is 5.75 Å². The van der Waals surface area contributed by atoms with Crippen molar-refractivity contribution in [3.05, 3.63) is 41.3 Å². The van der Waals surface area contributed by atoms with Crippen LogP contribution in [0.1, 0.15) is 5.56 Å². The molecule has 3 heterocycles. The number of nitrogens with one attached hydrogen (secondary N) is 1. The lowest BCUT2D eigenvalue weighted by molar-refractivity contribution is 0.357. The highest BCUT2D eigenvalue weighted by Crippen LogP contribution is 2.30. The molecule has 0 radical (unpaired) electrons. The molecule has 0 unspecified atom stereocenters.